The summed E-state index contributed by atoms with van der Waals surface area (Å²) in [6.45, 7) is 12.5. The van der Waals surface area contributed by atoms with Gasteiger partial charge in [-0.1, -0.05) is 264 Å². The van der Waals surface area contributed by atoms with Crippen molar-refractivity contribution < 1.29 is 10.2 Å². The summed E-state index contributed by atoms with van der Waals surface area (Å²) >= 11 is 0. The Balaban J connectivity index is 1.07. The first kappa shape index (κ1) is 56.5. The van der Waals surface area contributed by atoms with Crippen molar-refractivity contribution in [3.63, 3.8) is 0 Å². The van der Waals surface area contributed by atoms with Crippen LogP contribution in [0.25, 0.3) is 98.0 Å². The molecular formula is C79H90O2. The van der Waals surface area contributed by atoms with E-state index in [9.17, 15) is 10.2 Å². The minimum absolute atomic E-state index is 0.222. The predicted octanol–water partition coefficient (Wildman–Crippen LogP) is 23.3. The molecule has 2 heteroatoms. The maximum Gasteiger partial charge on any atom is 0.0846 e. The quantitative estimate of drug-likeness (QED) is 0.0419. The van der Waals surface area contributed by atoms with Crippen LogP contribution in [0.5, 0.6) is 0 Å². The van der Waals surface area contributed by atoms with Crippen LogP contribution in [0.2, 0.25) is 0 Å². The zero-order valence-electron chi connectivity index (χ0n) is 50.0. The average Bonchev–Trinajstić information content (AvgIpc) is 4.01. The van der Waals surface area contributed by atoms with Gasteiger partial charge in [0.2, 0.25) is 0 Å². The lowest BCUT2D eigenvalue weighted by Crippen LogP contribution is -2.26. The minimum Gasteiger partial charge on any atom is -0.386 e. The lowest BCUT2D eigenvalue weighted by atomic mass is 9.69. The third-order valence-corrected chi connectivity index (χ3v) is 19.0. The fourth-order valence-electron chi connectivity index (χ4n) is 14.7. The highest BCUT2D eigenvalue weighted by Gasteiger charge is 2.43. The molecule has 0 bridgehead atoms. The van der Waals surface area contributed by atoms with E-state index in [1.165, 1.54) is 226 Å². The highest BCUT2D eigenvalue weighted by molar-refractivity contribution is 6.27. The lowest BCUT2D eigenvalue weighted by Gasteiger charge is -2.34. The summed E-state index contributed by atoms with van der Waals surface area (Å²) in [7, 11) is 0. The summed E-state index contributed by atoms with van der Waals surface area (Å²) in [5.74, 6) is 0. The molecule has 10 aromatic rings. The van der Waals surface area contributed by atoms with Crippen LogP contribution >= 0.6 is 0 Å². The highest BCUT2D eigenvalue weighted by atomic mass is 16.3. The van der Waals surface area contributed by atoms with Crippen molar-refractivity contribution in [3.8, 4) is 33.4 Å². The zero-order valence-corrected chi connectivity index (χ0v) is 50.0. The van der Waals surface area contributed by atoms with Gasteiger partial charge in [-0.3, -0.25) is 0 Å². The average molecular weight is 1070 g/mol. The Morgan fingerprint density at radius 3 is 0.827 bits per heavy atom. The fraction of sp³-hybridized carbons (Fsp3) is 0.392. The van der Waals surface area contributed by atoms with Gasteiger partial charge in [-0.25, -0.2) is 0 Å². The molecular weight excluding hydrogens is 981 g/mol. The number of aliphatic hydroxyl groups is 2. The van der Waals surface area contributed by atoms with Gasteiger partial charge in [0.05, 0.1) is 11.2 Å². The number of hydrogen-bond donors (Lipinski definition) is 2. The van der Waals surface area contributed by atoms with Crippen LogP contribution in [0.1, 0.15) is 205 Å². The summed E-state index contributed by atoms with van der Waals surface area (Å²) in [5.41, 5.74) is 9.65. The van der Waals surface area contributed by atoms with Crippen molar-refractivity contribution in [2.75, 3.05) is 0 Å². The lowest BCUT2D eigenvalue weighted by molar-refractivity contribution is 0.0788. The van der Waals surface area contributed by atoms with Crippen LogP contribution in [0, 0.1) is 0 Å². The molecule has 0 spiro atoms. The first-order chi connectivity index (χ1) is 39.4. The maximum atomic E-state index is 12.3. The van der Waals surface area contributed by atoms with Crippen molar-refractivity contribution in [1.29, 1.82) is 0 Å². The van der Waals surface area contributed by atoms with Gasteiger partial charge in [0.25, 0.3) is 0 Å². The Labute approximate surface area is 485 Å². The molecule has 418 valence electrons. The van der Waals surface area contributed by atoms with E-state index < -0.39 is 11.2 Å². The number of rotatable bonds is 26. The van der Waals surface area contributed by atoms with Crippen molar-refractivity contribution in [2.45, 2.75) is 199 Å². The maximum absolute atomic E-state index is 12.3. The van der Waals surface area contributed by atoms with E-state index in [1.54, 1.807) is 0 Å². The molecule has 0 atom stereocenters. The summed E-state index contributed by atoms with van der Waals surface area (Å²) in [5, 5.41) is 39.4. The highest BCUT2D eigenvalue weighted by Crippen LogP contribution is 2.57. The van der Waals surface area contributed by atoms with Gasteiger partial charge in [0, 0.05) is 5.41 Å². The Kier molecular flexibility index (Phi) is 17.2. The van der Waals surface area contributed by atoms with Crippen molar-refractivity contribution >= 4 is 64.6 Å². The van der Waals surface area contributed by atoms with Crippen LogP contribution in [0.3, 0.4) is 0 Å². The van der Waals surface area contributed by atoms with Crippen LogP contribution in [0.15, 0.2) is 158 Å². The Hall–Kier alpha value is -6.32. The smallest absolute Gasteiger partial charge is 0.0846 e. The monoisotopic (exact) mass is 1070 g/mol. The Morgan fingerprint density at radius 2 is 0.543 bits per heavy atom. The molecule has 1 aliphatic rings. The normalized spacial score (nSPS) is 13.4. The van der Waals surface area contributed by atoms with Gasteiger partial charge in [-0.05, 0) is 197 Å². The molecule has 0 heterocycles. The van der Waals surface area contributed by atoms with Crippen LogP contribution < -0.4 is 0 Å². The van der Waals surface area contributed by atoms with Gasteiger partial charge < -0.3 is 10.2 Å². The van der Waals surface area contributed by atoms with Crippen LogP contribution in [0.4, 0.5) is 0 Å². The summed E-state index contributed by atoms with van der Waals surface area (Å²) in [4.78, 5) is 0. The largest absolute Gasteiger partial charge is 0.386 e. The van der Waals surface area contributed by atoms with Crippen molar-refractivity contribution in [1.82, 2.24) is 0 Å². The molecule has 0 aliphatic heterocycles. The van der Waals surface area contributed by atoms with E-state index in [-0.39, 0.29) is 5.41 Å². The second-order valence-corrected chi connectivity index (χ2v) is 25.7. The van der Waals surface area contributed by atoms with Gasteiger partial charge in [-0.2, -0.15) is 0 Å². The first-order valence-electron chi connectivity index (χ1n) is 31.9. The SMILES string of the molecule is CCCCCCCCCCCCC1(CCCCCCCCCCCC)c2cc(-c3cc4c5ccccc5c5ccccc5c4cc3C(C)(C)O)ccc2-c2ccc(-c3cc4c5ccccc5c5ccccc5c4cc3C(C)(C)O)cc21. The molecule has 0 fully saturated rings. The molecule has 10 aromatic carbocycles. The van der Waals surface area contributed by atoms with Gasteiger partial charge in [-0.15, -0.1) is 0 Å². The number of hydrogen-bond acceptors (Lipinski definition) is 2. The summed E-state index contributed by atoms with van der Waals surface area (Å²) in [6.07, 6.45) is 28.4. The first-order valence-corrected chi connectivity index (χ1v) is 31.9. The summed E-state index contributed by atoms with van der Waals surface area (Å²) < 4.78 is 0. The predicted molar refractivity (Wildman–Crippen MR) is 352 cm³/mol. The molecule has 0 saturated heterocycles. The number of benzene rings is 10. The van der Waals surface area contributed by atoms with Crippen molar-refractivity contribution in [2.24, 2.45) is 0 Å². The number of unbranched alkanes of at least 4 members (excludes halogenated alkanes) is 18. The molecule has 81 heavy (non-hydrogen) atoms. The number of fused-ring (bicyclic) bond motifs is 15. The minimum atomic E-state index is -1.09. The van der Waals surface area contributed by atoms with Crippen molar-refractivity contribution in [3.05, 3.63) is 180 Å². The summed E-state index contributed by atoms with van der Waals surface area (Å²) in [6, 6.07) is 59.5. The Morgan fingerprint density at radius 1 is 0.284 bits per heavy atom. The topological polar surface area (TPSA) is 40.5 Å². The van der Waals surface area contributed by atoms with Gasteiger partial charge >= 0.3 is 0 Å². The second-order valence-electron chi connectivity index (χ2n) is 25.7. The standard InChI is InChI=1S/C79H90O2/c1-7-9-11-13-15-17-19-21-23-33-47-79(48-34-24-22-20-18-16-14-12-10-8-2)75-49-55(67-51-69-61-39-29-25-35-57(61)59-37-27-31-41-63(59)71(69)53-73(67)77(3,4)80)43-45-65(75)66-46-44-56(50-76(66)79)68-52-70-62-40-30-26-36-58(62)60-38-28-32-42-64(60)72(70)54-74(68)78(5,6)81/h25-32,35-46,49-54,80-81H,7-24,33-34,47-48H2,1-6H3. The molecule has 2 N–H and O–H groups in total. The molecule has 2 nitrogen and oxygen atoms in total. The molecule has 0 amide bonds. The van der Waals surface area contributed by atoms with Gasteiger partial charge in [0.1, 0.15) is 0 Å². The molecule has 1 aliphatic carbocycles. The van der Waals surface area contributed by atoms with E-state index in [4.69, 9.17) is 0 Å². The molecule has 0 radical (unpaired) electrons. The molecule has 0 saturated carbocycles. The molecule has 11 rings (SSSR count). The zero-order chi connectivity index (χ0) is 56.1. The van der Waals surface area contributed by atoms with E-state index in [0.29, 0.717) is 0 Å². The second kappa shape index (κ2) is 24.6. The van der Waals surface area contributed by atoms with E-state index in [1.807, 2.05) is 27.7 Å². The third kappa shape index (κ3) is 11.5. The fourth-order valence-corrected chi connectivity index (χ4v) is 14.7. The molecule has 0 unspecified atom stereocenters. The van der Waals surface area contributed by atoms with E-state index in [0.717, 1.165) is 35.1 Å². The Bertz CT molecular complexity index is 3590. The molecule has 0 aromatic heterocycles. The van der Waals surface area contributed by atoms with Gasteiger partial charge in [0.15, 0.2) is 0 Å². The third-order valence-electron chi connectivity index (χ3n) is 19.0. The van der Waals surface area contributed by atoms with Crippen LogP contribution in [-0.2, 0) is 16.6 Å². The van der Waals surface area contributed by atoms with E-state index >= 15 is 0 Å². The van der Waals surface area contributed by atoms with E-state index in [2.05, 4.69) is 172 Å². The van der Waals surface area contributed by atoms with Crippen LogP contribution in [-0.4, -0.2) is 10.2 Å².